The van der Waals surface area contributed by atoms with Gasteiger partial charge in [0.05, 0.1) is 0 Å². The van der Waals surface area contributed by atoms with Crippen molar-refractivity contribution in [2.24, 2.45) is 23.7 Å². The van der Waals surface area contributed by atoms with E-state index in [1.165, 1.54) is 75.8 Å². The van der Waals surface area contributed by atoms with Crippen molar-refractivity contribution < 1.29 is 0 Å². The van der Waals surface area contributed by atoms with Crippen molar-refractivity contribution in [3.8, 4) is 113 Å². The van der Waals surface area contributed by atoms with Gasteiger partial charge in [0.25, 0.3) is 0 Å². The third kappa shape index (κ3) is 9.64. The molecule has 6 nitrogen and oxygen atoms in total. The van der Waals surface area contributed by atoms with Gasteiger partial charge in [-0.15, -0.1) is 0 Å². The van der Waals surface area contributed by atoms with E-state index in [0.29, 0.717) is 52.7 Å². The van der Waals surface area contributed by atoms with Crippen LogP contribution in [0.2, 0.25) is 0 Å². The number of nitrogens with zero attached hydrogens (tertiary/aromatic N) is 6. The van der Waals surface area contributed by atoms with Crippen molar-refractivity contribution in [1.82, 2.24) is 29.9 Å². The quantitative estimate of drug-likeness (QED) is 0.143. The number of aryl methyl sites for hydroxylation is 4. The topological polar surface area (TPSA) is 77.3 Å². The molecule has 11 aromatic carbocycles. The van der Waals surface area contributed by atoms with Crippen molar-refractivity contribution in [3.05, 3.63) is 264 Å². The zero-order chi connectivity index (χ0) is 60.1. The Labute approximate surface area is 521 Å². The molecule has 2 fully saturated rings. The molecule has 3 aliphatic rings. The number of rotatable bonds is 9. The number of hydrogen-bond donors (Lipinski definition) is 0. The largest absolute Gasteiger partial charge is 0.208 e. The van der Waals surface area contributed by atoms with Crippen molar-refractivity contribution in [2.75, 3.05) is 0 Å². The van der Waals surface area contributed by atoms with Crippen LogP contribution in [0.1, 0.15) is 72.9 Å². The minimum absolute atomic E-state index is 0.0867. The summed E-state index contributed by atoms with van der Waals surface area (Å²) in [5.74, 6) is 6.21. The predicted molar refractivity (Wildman–Crippen MR) is 366 cm³/mol. The van der Waals surface area contributed by atoms with E-state index in [1.54, 1.807) is 0 Å². The lowest BCUT2D eigenvalue weighted by atomic mass is 9.49. The summed E-state index contributed by atoms with van der Waals surface area (Å²) in [4.78, 5) is 32.3. The first-order valence-electron chi connectivity index (χ1n) is 31.7. The Balaban J connectivity index is 0.975. The zero-order valence-electron chi connectivity index (χ0n) is 51.3. The molecule has 0 aliphatic heterocycles. The molecule has 1 spiro atoms. The lowest BCUT2D eigenvalue weighted by Crippen LogP contribution is -2.49. The molecule has 16 rings (SSSR count). The molecule has 2 aromatic heterocycles. The van der Waals surface area contributed by atoms with Gasteiger partial charge in [-0.3, -0.25) is 0 Å². The van der Waals surface area contributed by atoms with E-state index in [0.717, 1.165) is 88.7 Å². The minimum atomic E-state index is -0.0867. The lowest BCUT2D eigenvalue weighted by molar-refractivity contribution is 0.0426. The number of benzene rings is 11. The second-order valence-electron chi connectivity index (χ2n) is 26.1. The summed E-state index contributed by atoms with van der Waals surface area (Å²) in [6.45, 7) is 13.5. The summed E-state index contributed by atoms with van der Waals surface area (Å²) in [5.41, 5.74) is 22.4. The summed E-state index contributed by atoms with van der Waals surface area (Å²) in [6.07, 6.45) is 5.11. The maximum absolute atomic E-state index is 5.46. The minimum Gasteiger partial charge on any atom is -0.208 e. The molecule has 2 heterocycles. The van der Waals surface area contributed by atoms with Crippen molar-refractivity contribution in [2.45, 2.75) is 72.6 Å². The van der Waals surface area contributed by atoms with Crippen LogP contribution in [0.15, 0.2) is 231 Å². The molecular weight excluding hydrogens is 1080 g/mol. The fourth-order valence-electron chi connectivity index (χ4n) is 15.6. The first-order chi connectivity index (χ1) is 43.4. The second-order valence-corrected chi connectivity index (χ2v) is 26.1. The molecule has 2 bridgehead atoms. The second kappa shape index (κ2) is 21.7. The van der Waals surface area contributed by atoms with Gasteiger partial charge >= 0.3 is 0 Å². The fourth-order valence-corrected chi connectivity index (χ4v) is 15.6. The summed E-state index contributed by atoms with van der Waals surface area (Å²) >= 11 is 0. The van der Waals surface area contributed by atoms with E-state index in [2.05, 4.69) is 272 Å². The lowest BCUT2D eigenvalue weighted by Gasteiger charge is -2.54. The van der Waals surface area contributed by atoms with Crippen LogP contribution >= 0.6 is 0 Å². The smallest absolute Gasteiger partial charge is 0.164 e. The maximum Gasteiger partial charge on any atom is 0.164 e. The van der Waals surface area contributed by atoms with Crippen LogP contribution in [-0.4, -0.2) is 29.9 Å². The molecule has 430 valence electrons. The Morgan fingerprint density at radius 1 is 0.281 bits per heavy atom. The zero-order valence-corrected chi connectivity index (χ0v) is 51.3. The van der Waals surface area contributed by atoms with Gasteiger partial charge in [-0.2, -0.15) is 0 Å². The van der Waals surface area contributed by atoms with E-state index in [9.17, 15) is 0 Å². The molecule has 2 saturated carbocycles. The van der Waals surface area contributed by atoms with Crippen LogP contribution < -0.4 is 0 Å². The van der Waals surface area contributed by atoms with Gasteiger partial charge in [0.15, 0.2) is 34.9 Å². The van der Waals surface area contributed by atoms with Crippen LogP contribution in [-0.2, 0) is 5.41 Å². The Bertz CT molecular complexity index is 4560. The molecule has 6 heteroatoms. The molecule has 0 saturated heterocycles. The summed E-state index contributed by atoms with van der Waals surface area (Å²) in [5, 5.41) is 4.44. The predicted octanol–water partition coefficient (Wildman–Crippen LogP) is 21.0. The monoisotopic (exact) mass is 1150 g/mol. The Hall–Kier alpha value is -10.0. The highest BCUT2D eigenvalue weighted by Crippen LogP contribution is 2.65. The van der Waals surface area contributed by atoms with Crippen LogP contribution in [0.3, 0.4) is 0 Å². The average molecular weight is 1150 g/mol. The number of fused-ring (bicyclic) bond motifs is 10. The van der Waals surface area contributed by atoms with Gasteiger partial charge in [-0.05, 0) is 203 Å². The van der Waals surface area contributed by atoms with Crippen molar-refractivity contribution in [1.29, 1.82) is 0 Å². The molecular formula is C83H68N6. The van der Waals surface area contributed by atoms with Gasteiger partial charge in [0, 0.05) is 38.8 Å². The Morgan fingerprint density at radius 2 is 0.652 bits per heavy atom. The molecule has 3 aliphatic carbocycles. The first-order valence-corrected chi connectivity index (χ1v) is 31.7. The van der Waals surface area contributed by atoms with E-state index >= 15 is 0 Å². The van der Waals surface area contributed by atoms with Crippen molar-refractivity contribution >= 4 is 21.5 Å². The summed E-state index contributed by atoms with van der Waals surface area (Å²) < 4.78 is 0. The van der Waals surface area contributed by atoms with Gasteiger partial charge in [0.1, 0.15) is 0 Å². The molecule has 89 heavy (non-hydrogen) atoms. The van der Waals surface area contributed by atoms with Crippen LogP contribution in [0.5, 0.6) is 0 Å². The molecule has 0 N–H and O–H groups in total. The molecule has 5 unspecified atom stereocenters. The molecule has 0 amide bonds. The average Bonchev–Trinajstić information content (AvgIpc) is 1.58. The van der Waals surface area contributed by atoms with Gasteiger partial charge < -0.3 is 0 Å². The SMILES string of the molecule is Cc1ccc(-c2nc(-c3ccc(C)cc3)nc(-c3cc4ccccc4cc3-c3cc(-c4ccc5c(c4)C4(c6ccccc6-5)C(C)CC5CC(C)CC4C5)cc(-c4cc5ccccc5cc4-c4nc(-c5ccc(C)cc5)nc(-c5ccc(C)cc5)n4)c3)n2)cc1. The van der Waals surface area contributed by atoms with Gasteiger partial charge in [-0.1, -0.05) is 218 Å². The number of hydrogen-bond acceptors (Lipinski definition) is 6. The normalized spacial score (nSPS) is 18.3. The maximum atomic E-state index is 5.46. The highest BCUT2D eigenvalue weighted by atomic mass is 15.0. The Kier molecular flexibility index (Phi) is 13.2. The number of aromatic nitrogens is 6. The van der Waals surface area contributed by atoms with E-state index < -0.39 is 0 Å². The molecule has 5 atom stereocenters. The molecule has 0 radical (unpaired) electrons. The van der Waals surface area contributed by atoms with Crippen molar-refractivity contribution in [3.63, 3.8) is 0 Å². The summed E-state index contributed by atoms with van der Waals surface area (Å²) in [6, 6.07) is 84.6. The van der Waals surface area contributed by atoms with E-state index in [1.807, 2.05) is 0 Å². The third-order valence-electron chi connectivity index (χ3n) is 19.9. The van der Waals surface area contributed by atoms with E-state index in [-0.39, 0.29) is 5.41 Å². The fraction of sp³-hybridized carbons (Fsp3) is 0.181. The van der Waals surface area contributed by atoms with Crippen LogP contribution in [0, 0.1) is 51.4 Å². The van der Waals surface area contributed by atoms with Crippen LogP contribution in [0.4, 0.5) is 0 Å². The van der Waals surface area contributed by atoms with Crippen LogP contribution in [0.25, 0.3) is 134 Å². The molecule has 13 aromatic rings. The first kappa shape index (κ1) is 54.4. The summed E-state index contributed by atoms with van der Waals surface area (Å²) in [7, 11) is 0. The van der Waals surface area contributed by atoms with Gasteiger partial charge in [-0.25, -0.2) is 29.9 Å². The highest BCUT2D eigenvalue weighted by molar-refractivity contribution is 6.00. The van der Waals surface area contributed by atoms with Gasteiger partial charge in [0.2, 0.25) is 0 Å². The Morgan fingerprint density at radius 3 is 1.10 bits per heavy atom. The standard InChI is InChI=1S/C83H68N6/c1-49-19-27-56(28-20-49)77-84-78(57-29-21-50(2)22-30-57)87-81(86-77)73-46-62-15-9-7-13-60(62)44-71(73)66-41-65(64-35-36-70-69-17-11-12-18-75(69)83(76(70)48-64)54(6)39-55-37-53(5)38-68(83)40-55)42-67(43-66)72-45-61-14-8-10-16-63(61)47-74(72)82-88-79(58-31-23-51(3)24-32-58)85-80(89-82)59-33-25-52(4)26-34-59/h7-36,41-48,53-55,68H,37-40H2,1-6H3. The van der Waals surface area contributed by atoms with E-state index in [4.69, 9.17) is 29.9 Å². The highest BCUT2D eigenvalue weighted by Gasteiger charge is 2.56. The third-order valence-corrected chi connectivity index (χ3v) is 19.9.